The van der Waals surface area contributed by atoms with Crippen molar-refractivity contribution in [2.24, 2.45) is 0 Å². The standard InChI is InChI=1S/C19H24BrNO2/c1-3-10-21-13-16-11-18(22-4-2)19(12-17(16)20)23-14-15-8-6-5-7-9-15/h5-9,11-12,21H,3-4,10,13-14H2,1-2H3. The third-order valence-corrected chi connectivity index (χ3v) is 4.13. The molecule has 2 aromatic rings. The molecule has 0 aliphatic heterocycles. The van der Waals surface area contributed by atoms with Gasteiger partial charge in [-0.15, -0.1) is 0 Å². The largest absolute Gasteiger partial charge is 0.490 e. The molecule has 23 heavy (non-hydrogen) atoms. The summed E-state index contributed by atoms with van der Waals surface area (Å²) in [5.74, 6) is 1.56. The van der Waals surface area contributed by atoms with E-state index < -0.39 is 0 Å². The van der Waals surface area contributed by atoms with Gasteiger partial charge in [0.1, 0.15) is 6.61 Å². The Kier molecular flexibility index (Phi) is 7.43. The molecule has 0 radical (unpaired) electrons. The lowest BCUT2D eigenvalue weighted by molar-refractivity contribution is 0.269. The molecule has 1 N–H and O–H groups in total. The van der Waals surface area contributed by atoms with Gasteiger partial charge in [0.05, 0.1) is 6.61 Å². The Hall–Kier alpha value is -1.52. The first-order valence-corrected chi connectivity index (χ1v) is 8.86. The number of hydrogen-bond acceptors (Lipinski definition) is 3. The zero-order chi connectivity index (χ0) is 16.5. The fraction of sp³-hybridized carbons (Fsp3) is 0.368. The second-order valence-electron chi connectivity index (χ2n) is 5.27. The van der Waals surface area contributed by atoms with Crippen LogP contribution in [0.1, 0.15) is 31.4 Å². The van der Waals surface area contributed by atoms with Gasteiger partial charge in [0, 0.05) is 11.0 Å². The van der Waals surface area contributed by atoms with Crippen LogP contribution in [0.2, 0.25) is 0 Å². The lowest BCUT2D eigenvalue weighted by atomic mass is 10.2. The van der Waals surface area contributed by atoms with Crippen LogP contribution in [0.15, 0.2) is 46.9 Å². The van der Waals surface area contributed by atoms with E-state index in [2.05, 4.69) is 46.4 Å². The van der Waals surface area contributed by atoms with Crippen LogP contribution in [0.4, 0.5) is 0 Å². The van der Waals surface area contributed by atoms with Gasteiger partial charge < -0.3 is 14.8 Å². The molecule has 0 saturated carbocycles. The van der Waals surface area contributed by atoms with E-state index in [1.165, 1.54) is 5.56 Å². The highest BCUT2D eigenvalue weighted by Crippen LogP contribution is 2.34. The minimum absolute atomic E-state index is 0.529. The van der Waals surface area contributed by atoms with E-state index in [1.807, 2.05) is 31.2 Å². The van der Waals surface area contributed by atoms with Crippen molar-refractivity contribution in [2.45, 2.75) is 33.4 Å². The fourth-order valence-electron chi connectivity index (χ4n) is 2.23. The first-order chi connectivity index (χ1) is 11.2. The van der Waals surface area contributed by atoms with Crippen molar-refractivity contribution < 1.29 is 9.47 Å². The average molecular weight is 378 g/mol. The maximum Gasteiger partial charge on any atom is 0.162 e. The monoisotopic (exact) mass is 377 g/mol. The summed E-state index contributed by atoms with van der Waals surface area (Å²) in [7, 11) is 0. The number of benzene rings is 2. The molecule has 0 heterocycles. The number of rotatable bonds is 9. The van der Waals surface area contributed by atoms with Crippen molar-refractivity contribution in [3.05, 3.63) is 58.1 Å². The van der Waals surface area contributed by atoms with E-state index in [-0.39, 0.29) is 0 Å². The van der Waals surface area contributed by atoms with Gasteiger partial charge in [0.25, 0.3) is 0 Å². The Morgan fingerprint density at radius 3 is 2.43 bits per heavy atom. The topological polar surface area (TPSA) is 30.5 Å². The second-order valence-corrected chi connectivity index (χ2v) is 6.13. The minimum Gasteiger partial charge on any atom is -0.490 e. The van der Waals surface area contributed by atoms with Crippen LogP contribution in [-0.2, 0) is 13.2 Å². The maximum absolute atomic E-state index is 5.96. The Labute approximate surface area is 147 Å². The normalized spacial score (nSPS) is 10.6. The van der Waals surface area contributed by atoms with Gasteiger partial charge in [-0.3, -0.25) is 0 Å². The Bertz CT molecular complexity index is 602. The molecule has 0 atom stereocenters. The summed E-state index contributed by atoms with van der Waals surface area (Å²) >= 11 is 3.64. The molecule has 0 fully saturated rings. The van der Waals surface area contributed by atoms with Crippen LogP contribution in [0, 0.1) is 0 Å². The SMILES string of the molecule is CCCNCc1cc(OCC)c(OCc2ccccc2)cc1Br. The lowest BCUT2D eigenvalue weighted by Gasteiger charge is -2.15. The third kappa shape index (κ3) is 5.56. The van der Waals surface area contributed by atoms with E-state index in [0.29, 0.717) is 13.2 Å². The van der Waals surface area contributed by atoms with Gasteiger partial charge in [-0.25, -0.2) is 0 Å². The van der Waals surface area contributed by atoms with Crippen LogP contribution >= 0.6 is 15.9 Å². The fourth-order valence-corrected chi connectivity index (χ4v) is 2.69. The maximum atomic E-state index is 5.96. The van der Waals surface area contributed by atoms with Gasteiger partial charge in [-0.1, -0.05) is 53.2 Å². The number of hydrogen-bond donors (Lipinski definition) is 1. The molecule has 2 rings (SSSR count). The average Bonchev–Trinajstić information content (AvgIpc) is 2.57. The highest BCUT2D eigenvalue weighted by Gasteiger charge is 2.11. The molecule has 3 nitrogen and oxygen atoms in total. The van der Waals surface area contributed by atoms with Crippen molar-refractivity contribution in [1.82, 2.24) is 5.32 Å². The van der Waals surface area contributed by atoms with Gasteiger partial charge in [0.15, 0.2) is 11.5 Å². The molecule has 0 aliphatic carbocycles. The highest BCUT2D eigenvalue weighted by molar-refractivity contribution is 9.10. The summed E-state index contributed by atoms with van der Waals surface area (Å²) in [5, 5.41) is 3.41. The van der Waals surface area contributed by atoms with E-state index >= 15 is 0 Å². The van der Waals surface area contributed by atoms with Gasteiger partial charge in [0.2, 0.25) is 0 Å². The molecule has 124 valence electrons. The van der Waals surface area contributed by atoms with E-state index in [4.69, 9.17) is 9.47 Å². The third-order valence-electron chi connectivity index (χ3n) is 3.39. The summed E-state index contributed by atoms with van der Waals surface area (Å²) in [6.07, 6.45) is 1.12. The van der Waals surface area contributed by atoms with Gasteiger partial charge in [-0.05, 0) is 43.1 Å². The number of nitrogens with one attached hydrogen (secondary N) is 1. The molecule has 0 bridgehead atoms. The van der Waals surface area contributed by atoms with Crippen molar-refractivity contribution in [3.8, 4) is 11.5 Å². The van der Waals surface area contributed by atoms with Crippen LogP contribution < -0.4 is 14.8 Å². The Morgan fingerprint density at radius 1 is 1.00 bits per heavy atom. The molecule has 0 aliphatic rings. The predicted octanol–water partition coefficient (Wildman–Crippen LogP) is 4.93. The van der Waals surface area contributed by atoms with Crippen molar-refractivity contribution >= 4 is 15.9 Å². The first-order valence-electron chi connectivity index (χ1n) is 8.07. The molecular formula is C19H24BrNO2. The van der Waals surface area contributed by atoms with Gasteiger partial charge in [-0.2, -0.15) is 0 Å². The summed E-state index contributed by atoms with van der Waals surface area (Å²) < 4.78 is 12.8. The zero-order valence-corrected chi connectivity index (χ0v) is 15.4. The Balaban J connectivity index is 2.12. The molecular weight excluding hydrogens is 354 g/mol. The quantitative estimate of drug-likeness (QED) is 0.628. The van der Waals surface area contributed by atoms with Crippen LogP contribution in [0.5, 0.6) is 11.5 Å². The summed E-state index contributed by atoms with van der Waals surface area (Å²) in [6, 6.07) is 14.2. The van der Waals surface area contributed by atoms with E-state index in [1.54, 1.807) is 0 Å². The molecule has 0 saturated heterocycles. The molecule has 2 aromatic carbocycles. The summed E-state index contributed by atoms with van der Waals surface area (Å²) in [4.78, 5) is 0. The van der Waals surface area contributed by atoms with Crippen LogP contribution in [-0.4, -0.2) is 13.2 Å². The molecule has 4 heteroatoms. The first kappa shape index (κ1) is 17.8. The minimum atomic E-state index is 0.529. The zero-order valence-electron chi connectivity index (χ0n) is 13.8. The molecule has 0 unspecified atom stereocenters. The highest BCUT2D eigenvalue weighted by atomic mass is 79.9. The van der Waals surface area contributed by atoms with E-state index in [0.717, 1.165) is 41.0 Å². The number of halogens is 1. The van der Waals surface area contributed by atoms with E-state index in [9.17, 15) is 0 Å². The second kappa shape index (κ2) is 9.58. The number of ether oxygens (including phenoxy) is 2. The smallest absolute Gasteiger partial charge is 0.162 e. The summed E-state index contributed by atoms with van der Waals surface area (Å²) in [6.45, 7) is 7.11. The lowest BCUT2D eigenvalue weighted by Crippen LogP contribution is -2.14. The Morgan fingerprint density at radius 2 is 1.74 bits per heavy atom. The molecule has 0 aromatic heterocycles. The van der Waals surface area contributed by atoms with Crippen molar-refractivity contribution in [1.29, 1.82) is 0 Å². The van der Waals surface area contributed by atoms with Crippen LogP contribution in [0.25, 0.3) is 0 Å². The summed E-state index contributed by atoms with van der Waals surface area (Å²) in [5.41, 5.74) is 2.31. The van der Waals surface area contributed by atoms with Crippen LogP contribution in [0.3, 0.4) is 0 Å². The van der Waals surface area contributed by atoms with Crippen molar-refractivity contribution in [2.75, 3.05) is 13.2 Å². The van der Waals surface area contributed by atoms with Crippen molar-refractivity contribution in [3.63, 3.8) is 0 Å². The molecule has 0 amide bonds. The molecule has 0 spiro atoms. The predicted molar refractivity (Wildman–Crippen MR) is 98.1 cm³/mol. The van der Waals surface area contributed by atoms with Gasteiger partial charge >= 0.3 is 0 Å².